The van der Waals surface area contributed by atoms with Gasteiger partial charge in [0.1, 0.15) is 6.61 Å². The average Bonchev–Trinajstić information content (AvgIpc) is 1.97. The first kappa shape index (κ1) is 9.90. The van der Waals surface area contributed by atoms with Crippen LogP contribution in [0.3, 0.4) is 0 Å². The molecule has 0 aliphatic heterocycles. The van der Waals surface area contributed by atoms with Crippen molar-refractivity contribution in [1.82, 2.24) is 0 Å². The maximum absolute atomic E-state index is 10.5. The van der Waals surface area contributed by atoms with Crippen LogP contribution < -0.4 is 0 Å². The summed E-state index contributed by atoms with van der Waals surface area (Å²) in [6.45, 7) is -0.308. The standard InChI is InChI=1S/C6H10O5/c7-3-4-11-6(10)2-1-5(8)9/h7H,1-4H2,(H,8,9). The fourth-order valence-corrected chi connectivity index (χ4v) is 0.441. The molecule has 0 saturated carbocycles. The van der Waals surface area contributed by atoms with E-state index < -0.39 is 11.9 Å². The number of hydrogen-bond acceptors (Lipinski definition) is 4. The van der Waals surface area contributed by atoms with Gasteiger partial charge in [0.25, 0.3) is 0 Å². The Hall–Kier alpha value is -1.10. The monoisotopic (exact) mass is 162 g/mol. The second-order valence-corrected chi connectivity index (χ2v) is 1.84. The van der Waals surface area contributed by atoms with E-state index in [0.717, 1.165) is 0 Å². The molecule has 0 spiro atoms. The van der Waals surface area contributed by atoms with E-state index in [4.69, 9.17) is 10.2 Å². The summed E-state index contributed by atoms with van der Waals surface area (Å²) in [7, 11) is 0. The number of rotatable bonds is 5. The number of esters is 1. The fourth-order valence-electron chi connectivity index (χ4n) is 0.441. The number of carboxylic acids is 1. The van der Waals surface area contributed by atoms with E-state index in [1.54, 1.807) is 0 Å². The molecule has 0 aliphatic rings. The molecule has 5 heteroatoms. The minimum Gasteiger partial charge on any atom is -0.481 e. The van der Waals surface area contributed by atoms with Crippen LogP contribution in [0.15, 0.2) is 0 Å². The van der Waals surface area contributed by atoms with Gasteiger partial charge in [-0.25, -0.2) is 0 Å². The van der Waals surface area contributed by atoms with Gasteiger partial charge in [0.2, 0.25) is 0 Å². The molecular weight excluding hydrogens is 152 g/mol. The lowest BCUT2D eigenvalue weighted by Crippen LogP contribution is -2.10. The van der Waals surface area contributed by atoms with Crippen molar-refractivity contribution in [2.75, 3.05) is 13.2 Å². The first-order valence-electron chi connectivity index (χ1n) is 3.15. The number of carboxylic acid groups (broad SMARTS) is 1. The third-order valence-corrected chi connectivity index (χ3v) is 0.897. The molecule has 0 aromatic heterocycles. The fraction of sp³-hybridized carbons (Fsp3) is 0.667. The first-order chi connectivity index (χ1) is 5.16. The second kappa shape index (κ2) is 5.67. The molecule has 0 amide bonds. The third-order valence-electron chi connectivity index (χ3n) is 0.897. The van der Waals surface area contributed by atoms with Gasteiger partial charge in [0.15, 0.2) is 0 Å². The molecule has 0 rings (SSSR count). The van der Waals surface area contributed by atoms with Crippen LogP contribution in [0.1, 0.15) is 12.8 Å². The van der Waals surface area contributed by atoms with E-state index in [-0.39, 0.29) is 26.1 Å². The van der Waals surface area contributed by atoms with E-state index in [1.165, 1.54) is 0 Å². The summed E-state index contributed by atoms with van der Waals surface area (Å²) in [4.78, 5) is 20.4. The summed E-state index contributed by atoms with van der Waals surface area (Å²) in [5, 5.41) is 16.3. The van der Waals surface area contributed by atoms with Gasteiger partial charge in [0.05, 0.1) is 19.4 Å². The van der Waals surface area contributed by atoms with Crippen LogP contribution in [0.2, 0.25) is 0 Å². The average molecular weight is 162 g/mol. The van der Waals surface area contributed by atoms with E-state index in [9.17, 15) is 9.59 Å². The van der Waals surface area contributed by atoms with Crippen molar-refractivity contribution in [1.29, 1.82) is 0 Å². The van der Waals surface area contributed by atoms with Crippen LogP contribution >= 0.6 is 0 Å². The summed E-state index contributed by atoms with van der Waals surface area (Å²) < 4.78 is 4.39. The van der Waals surface area contributed by atoms with Gasteiger partial charge in [-0.05, 0) is 0 Å². The van der Waals surface area contributed by atoms with Crippen molar-refractivity contribution in [2.24, 2.45) is 0 Å². The number of hydrogen-bond donors (Lipinski definition) is 2. The number of carbonyl (C=O) groups excluding carboxylic acids is 1. The van der Waals surface area contributed by atoms with Crippen molar-refractivity contribution in [3.05, 3.63) is 0 Å². The van der Waals surface area contributed by atoms with Crippen molar-refractivity contribution >= 4 is 11.9 Å². The Morgan fingerprint density at radius 3 is 2.36 bits per heavy atom. The Morgan fingerprint density at radius 1 is 1.27 bits per heavy atom. The molecule has 0 fully saturated rings. The van der Waals surface area contributed by atoms with E-state index in [0.29, 0.717) is 0 Å². The predicted molar refractivity (Wildman–Crippen MR) is 34.9 cm³/mol. The molecule has 5 nitrogen and oxygen atoms in total. The Morgan fingerprint density at radius 2 is 1.91 bits per heavy atom. The summed E-state index contributed by atoms with van der Waals surface area (Å²) in [6, 6.07) is 0. The smallest absolute Gasteiger partial charge is 0.306 e. The number of aliphatic hydroxyl groups is 1. The van der Waals surface area contributed by atoms with Crippen molar-refractivity contribution < 1.29 is 24.5 Å². The molecule has 0 aromatic rings. The second-order valence-electron chi connectivity index (χ2n) is 1.84. The lowest BCUT2D eigenvalue weighted by atomic mass is 10.3. The summed E-state index contributed by atoms with van der Waals surface area (Å²) in [5.74, 6) is -1.63. The Balaban J connectivity index is 3.30. The minimum atomic E-state index is -1.04. The SMILES string of the molecule is O=C(O)CCC(=O)OCCO. The van der Waals surface area contributed by atoms with Gasteiger partial charge in [0, 0.05) is 0 Å². The molecule has 0 unspecified atom stereocenters. The van der Waals surface area contributed by atoms with Crippen molar-refractivity contribution in [3.8, 4) is 0 Å². The molecule has 0 aliphatic carbocycles. The van der Waals surface area contributed by atoms with Crippen molar-refractivity contribution in [2.45, 2.75) is 12.8 Å². The van der Waals surface area contributed by atoms with Gasteiger partial charge in [-0.15, -0.1) is 0 Å². The minimum absolute atomic E-state index is 0.0710. The molecular formula is C6H10O5. The highest BCUT2D eigenvalue weighted by Crippen LogP contribution is 1.91. The molecule has 64 valence electrons. The molecule has 0 bridgehead atoms. The quantitative estimate of drug-likeness (QED) is 0.526. The molecule has 0 atom stereocenters. The largest absolute Gasteiger partial charge is 0.481 e. The van der Waals surface area contributed by atoms with Crippen LogP contribution in [0.4, 0.5) is 0 Å². The van der Waals surface area contributed by atoms with Gasteiger partial charge in [-0.1, -0.05) is 0 Å². The maximum Gasteiger partial charge on any atom is 0.306 e. The van der Waals surface area contributed by atoms with E-state index in [1.807, 2.05) is 0 Å². The maximum atomic E-state index is 10.5. The predicted octanol–water partition coefficient (Wildman–Crippen LogP) is -0.613. The van der Waals surface area contributed by atoms with E-state index in [2.05, 4.69) is 4.74 Å². The van der Waals surface area contributed by atoms with Crippen LogP contribution in [0.5, 0.6) is 0 Å². The first-order valence-corrected chi connectivity index (χ1v) is 3.15. The third kappa shape index (κ3) is 6.79. The van der Waals surface area contributed by atoms with Crippen LogP contribution in [-0.4, -0.2) is 35.4 Å². The molecule has 11 heavy (non-hydrogen) atoms. The van der Waals surface area contributed by atoms with Gasteiger partial charge in [-0.3, -0.25) is 9.59 Å². The molecule has 0 aromatic carbocycles. The lowest BCUT2D eigenvalue weighted by molar-refractivity contribution is -0.148. The van der Waals surface area contributed by atoms with Crippen LogP contribution in [-0.2, 0) is 14.3 Å². The normalized spacial score (nSPS) is 9.18. The Labute approximate surface area is 63.6 Å². The van der Waals surface area contributed by atoms with Crippen molar-refractivity contribution in [3.63, 3.8) is 0 Å². The zero-order valence-corrected chi connectivity index (χ0v) is 5.95. The van der Waals surface area contributed by atoms with E-state index >= 15 is 0 Å². The van der Waals surface area contributed by atoms with Gasteiger partial charge >= 0.3 is 11.9 Å². The number of ether oxygens (including phenoxy) is 1. The summed E-state index contributed by atoms with van der Waals surface area (Å²) in [6.07, 6.45) is -0.375. The topological polar surface area (TPSA) is 83.8 Å². The molecule has 0 saturated heterocycles. The molecule has 2 N–H and O–H groups in total. The van der Waals surface area contributed by atoms with Crippen LogP contribution in [0, 0.1) is 0 Å². The van der Waals surface area contributed by atoms with Gasteiger partial charge in [-0.2, -0.15) is 0 Å². The number of aliphatic carboxylic acids is 1. The number of aliphatic hydroxyl groups excluding tert-OH is 1. The zero-order valence-electron chi connectivity index (χ0n) is 5.95. The Bertz CT molecular complexity index is 142. The van der Waals surface area contributed by atoms with Crippen LogP contribution in [0.25, 0.3) is 0 Å². The summed E-state index contributed by atoms with van der Waals surface area (Å²) >= 11 is 0. The summed E-state index contributed by atoms with van der Waals surface area (Å²) in [5.41, 5.74) is 0. The zero-order chi connectivity index (χ0) is 8.69. The lowest BCUT2D eigenvalue weighted by Gasteiger charge is -1.99. The van der Waals surface area contributed by atoms with Gasteiger partial charge < -0.3 is 14.9 Å². The molecule has 0 radical (unpaired) electrons. The highest BCUT2D eigenvalue weighted by molar-refractivity contribution is 5.76. The Kier molecular flexibility index (Phi) is 5.10. The number of carbonyl (C=O) groups is 2. The highest BCUT2D eigenvalue weighted by Gasteiger charge is 2.05. The highest BCUT2D eigenvalue weighted by atomic mass is 16.5. The molecule has 0 heterocycles.